The fourth-order valence-electron chi connectivity index (χ4n) is 5.04. The molecule has 36 heavy (non-hydrogen) atoms. The van der Waals surface area contributed by atoms with Crippen LogP contribution in [0.5, 0.6) is 5.75 Å². The van der Waals surface area contributed by atoms with Crippen molar-refractivity contribution in [2.75, 3.05) is 44.1 Å². The summed E-state index contributed by atoms with van der Waals surface area (Å²) in [4.78, 5) is 11.6. The molecule has 3 aromatic rings. The summed E-state index contributed by atoms with van der Waals surface area (Å²) in [7, 11) is 2.19. The highest BCUT2D eigenvalue weighted by molar-refractivity contribution is 7.98. The van der Waals surface area contributed by atoms with Crippen LogP contribution in [-0.2, 0) is 0 Å². The van der Waals surface area contributed by atoms with E-state index in [9.17, 15) is 0 Å². The van der Waals surface area contributed by atoms with Gasteiger partial charge in [-0.05, 0) is 107 Å². The lowest BCUT2D eigenvalue weighted by molar-refractivity contribution is 0.277. The third kappa shape index (κ3) is 7.62. The van der Waals surface area contributed by atoms with Crippen LogP contribution < -0.4 is 10.1 Å². The van der Waals surface area contributed by atoms with Crippen LogP contribution >= 0.6 is 11.8 Å². The van der Waals surface area contributed by atoms with E-state index in [0.717, 1.165) is 47.2 Å². The Morgan fingerprint density at radius 3 is 2.58 bits per heavy atom. The third-order valence-electron chi connectivity index (χ3n) is 7.26. The molecule has 0 amide bonds. The zero-order chi connectivity index (χ0) is 25.2. The Balaban J connectivity index is 0.000000375. The molecule has 6 nitrogen and oxygen atoms in total. The maximum absolute atomic E-state index is 6.03. The monoisotopic (exact) mass is 509 g/mol. The number of benzene rings is 1. The van der Waals surface area contributed by atoms with Crippen molar-refractivity contribution in [2.24, 2.45) is 5.92 Å². The Kier molecular flexibility index (Phi) is 10.3. The number of fused-ring (bicyclic) bond motifs is 1. The van der Waals surface area contributed by atoms with Crippen LogP contribution in [0.15, 0.2) is 42.7 Å². The SMILES string of the molecule is CN1CCCCC1.CSCCCOc1cccc2c1ccn2-c1ccnc(NC2CCC(C)CC2)n1. The molecular formula is C29H43N5OS. The van der Waals surface area contributed by atoms with Crippen LogP contribution in [0.4, 0.5) is 5.95 Å². The molecule has 1 aliphatic carbocycles. The first-order chi connectivity index (χ1) is 17.6. The molecule has 1 aromatic carbocycles. The van der Waals surface area contributed by atoms with Gasteiger partial charge in [0.2, 0.25) is 5.95 Å². The smallest absolute Gasteiger partial charge is 0.224 e. The van der Waals surface area contributed by atoms with Crippen LogP contribution in [0.25, 0.3) is 16.7 Å². The normalized spacial score (nSPS) is 20.5. The Morgan fingerprint density at radius 1 is 1.06 bits per heavy atom. The number of likely N-dealkylation sites (tertiary alicyclic amines) is 1. The summed E-state index contributed by atoms with van der Waals surface area (Å²) in [5.41, 5.74) is 1.10. The van der Waals surface area contributed by atoms with Crippen molar-refractivity contribution in [1.82, 2.24) is 19.4 Å². The highest BCUT2D eigenvalue weighted by atomic mass is 32.2. The van der Waals surface area contributed by atoms with E-state index in [0.29, 0.717) is 12.0 Å². The number of hydrogen-bond acceptors (Lipinski definition) is 6. The second-order valence-corrected chi connectivity index (χ2v) is 11.3. The molecule has 0 atom stereocenters. The van der Waals surface area contributed by atoms with Crippen LogP contribution in [0, 0.1) is 5.92 Å². The number of nitrogens with one attached hydrogen (secondary N) is 1. The van der Waals surface area contributed by atoms with E-state index in [2.05, 4.69) is 58.3 Å². The summed E-state index contributed by atoms with van der Waals surface area (Å²) in [5, 5.41) is 4.66. The standard InChI is InChI=1S/C23H30N4OS.C6H13N/c1-17-7-9-18(10-8-17)25-23-24-13-11-22(26-23)27-14-12-19-20(27)5-3-6-21(19)28-15-4-16-29-2;1-7-5-3-2-4-6-7/h3,5-6,11-14,17-18H,4,7-10,15-16H2,1-2H3,(H,24,25,26);2-6H2,1H3. The molecule has 0 bridgehead atoms. The molecule has 5 rings (SSSR count). The molecule has 3 heterocycles. The van der Waals surface area contributed by atoms with Crippen LogP contribution in [0.3, 0.4) is 0 Å². The van der Waals surface area contributed by atoms with Gasteiger partial charge >= 0.3 is 0 Å². The molecule has 2 aliphatic rings. The summed E-state index contributed by atoms with van der Waals surface area (Å²) in [6, 6.07) is 10.7. The highest BCUT2D eigenvalue weighted by Crippen LogP contribution is 2.29. The number of anilines is 1. The van der Waals surface area contributed by atoms with Crippen molar-refractivity contribution < 1.29 is 4.74 Å². The molecule has 2 aromatic heterocycles. The molecular weight excluding hydrogens is 466 g/mol. The summed E-state index contributed by atoms with van der Waals surface area (Å²) in [6.45, 7) is 5.72. The van der Waals surface area contributed by atoms with Gasteiger partial charge in [0.1, 0.15) is 11.6 Å². The van der Waals surface area contributed by atoms with E-state index in [4.69, 9.17) is 9.72 Å². The number of nitrogens with zero attached hydrogens (tertiary/aromatic N) is 4. The van der Waals surface area contributed by atoms with Gasteiger partial charge in [0.15, 0.2) is 0 Å². The highest BCUT2D eigenvalue weighted by Gasteiger charge is 2.19. The zero-order valence-electron chi connectivity index (χ0n) is 22.3. The minimum absolute atomic E-state index is 0.476. The maximum atomic E-state index is 6.03. The van der Waals surface area contributed by atoms with E-state index in [1.165, 1.54) is 58.0 Å². The predicted molar refractivity (Wildman–Crippen MR) is 154 cm³/mol. The molecule has 0 radical (unpaired) electrons. The predicted octanol–water partition coefficient (Wildman–Crippen LogP) is 6.65. The minimum Gasteiger partial charge on any atom is -0.493 e. The van der Waals surface area contributed by atoms with Crippen molar-refractivity contribution in [3.63, 3.8) is 0 Å². The second kappa shape index (κ2) is 13.9. The second-order valence-electron chi connectivity index (χ2n) is 10.3. The van der Waals surface area contributed by atoms with Crippen LogP contribution in [0.1, 0.15) is 58.3 Å². The van der Waals surface area contributed by atoms with E-state index < -0.39 is 0 Å². The van der Waals surface area contributed by atoms with Crippen molar-refractivity contribution >= 4 is 28.6 Å². The average Bonchev–Trinajstić information content (AvgIpc) is 3.34. The van der Waals surface area contributed by atoms with Crippen molar-refractivity contribution in [1.29, 1.82) is 0 Å². The summed E-state index contributed by atoms with van der Waals surface area (Å²) < 4.78 is 8.14. The van der Waals surface area contributed by atoms with Crippen molar-refractivity contribution in [2.45, 2.75) is 64.3 Å². The van der Waals surface area contributed by atoms with Gasteiger partial charge in [-0.1, -0.05) is 19.4 Å². The molecule has 196 valence electrons. The Bertz CT molecular complexity index is 1060. The Hall–Kier alpha value is -2.25. The number of rotatable bonds is 8. The van der Waals surface area contributed by atoms with E-state index in [1.807, 2.05) is 36.2 Å². The Morgan fingerprint density at radius 2 is 1.86 bits per heavy atom. The lowest BCUT2D eigenvalue weighted by atomic mass is 9.87. The molecule has 1 N–H and O–H groups in total. The minimum atomic E-state index is 0.476. The number of thioether (sulfide) groups is 1. The third-order valence-corrected chi connectivity index (χ3v) is 7.96. The topological polar surface area (TPSA) is 55.2 Å². The summed E-state index contributed by atoms with van der Waals surface area (Å²) >= 11 is 1.85. The quantitative estimate of drug-likeness (QED) is 0.343. The number of piperidine rings is 1. The lowest BCUT2D eigenvalue weighted by Gasteiger charge is -2.26. The maximum Gasteiger partial charge on any atom is 0.224 e. The fraction of sp³-hybridized carbons (Fsp3) is 0.586. The van der Waals surface area contributed by atoms with Gasteiger partial charge in [-0.3, -0.25) is 0 Å². The fourth-order valence-corrected chi connectivity index (χ4v) is 5.45. The number of aromatic nitrogens is 3. The number of hydrogen-bond donors (Lipinski definition) is 1. The largest absolute Gasteiger partial charge is 0.493 e. The number of ether oxygens (including phenoxy) is 1. The van der Waals surface area contributed by atoms with Crippen LogP contribution in [-0.4, -0.2) is 64.2 Å². The van der Waals surface area contributed by atoms with E-state index in [-0.39, 0.29) is 0 Å². The Labute approximate surface area is 221 Å². The van der Waals surface area contributed by atoms with E-state index in [1.54, 1.807) is 0 Å². The zero-order valence-corrected chi connectivity index (χ0v) is 23.1. The van der Waals surface area contributed by atoms with Gasteiger partial charge in [-0.25, -0.2) is 4.98 Å². The van der Waals surface area contributed by atoms with Crippen LogP contribution in [0.2, 0.25) is 0 Å². The van der Waals surface area contributed by atoms with Gasteiger partial charge in [-0.15, -0.1) is 0 Å². The summed E-state index contributed by atoms with van der Waals surface area (Å²) in [5.74, 6) is 4.48. The van der Waals surface area contributed by atoms with E-state index >= 15 is 0 Å². The average molecular weight is 510 g/mol. The van der Waals surface area contributed by atoms with Gasteiger partial charge in [0, 0.05) is 23.8 Å². The molecule has 0 spiro atoms. The molecule has 2 fully saturated rings. The molecule has 1 saturated carbocycles. The van der Waals surface area contributed by atoms with Gasteiger partial charge in [-0.2, -0.15) is 16.7 Å². The molecule has 1 saturated heterocycles. The van der Waals surface area contributed by atoms with Gasteiger partial charge in [0.05, 0.1) is 12.1 Å². The molecule has 7 heteroatoms. The first kappa shape index (κ1) is 26.8. The van der Waals surface area contributed by atoms with Crippen molar-refractivity contribution in [3.05, 3.63) is 42.7 Å². The molecule has 0 unspecified atom stereocenters. The molecule has 1 aliphatic heterocycles. The first-order valence-electron chi connectivity index (χ1n) is 13.6. The van der Waals surface area contributed by atoms with Gasteiger partial charge < -0.3 is 19.5 Å². The van der Waals surface area contributed by atoms with Gasteiger partial charge in [0.25, 0.3) is 0 Å². The summed E-state index contributed by atoms with van der Waals surface area (Å²) in [6.07, 6.45) is 16.3. The van der Waals surface area contributed by atoms with Crippen molar-refractivity contribution in [3.8, 4) is 11.6 Å². The first-order valence-corrected chi connectivity index (χ1v) is 15.0. The lowest BCUT2D eigenvalue weighted by Crippen LogP contribution is -2.26.